The minimum atomic E-state index is -0.407. The second kappa shape index (κ2) is 8.53. The topological polar surface area (TPSA) is 50.4 Å². The number of amides is 1. The predicted octanol–water partition coefficient (Wildman–Crippen LogP) is 5.17. The number of rotatable bonds is 4. The molecule has 2 aromatic carbocycles. The molecular weight excluding hydrogens is 391 g/mol. The third kappa shape index (κ3) is 4.98. The smallest absolute Gasteiger partial charge is 0.257 e. The Morgan fingerprint density at radius 3 is 2.54 bits per heavy atom. The molecule has 0 spiro atoms. The minimum Gasteiger partial charge on any atom is -0.492 e. The third-order valence-electron chi connectivity index (χ3n) is 2.90. The van der Waals surface area contributed by atoms with Crippen molar-refractivity contribution in [2.45, 2.75) is 6.92 Å². The Labute approximate surface area is 160 Å². The molecule has 0 fully saturated rings. The van der Waals surface area contributed by atoms with Gasteiger partial charge in [-0.15, -0.1) is 0 Å². The fourth-order valence-electron chi connectivity index (χ4n) is 1.84. The van der Waals surface area contributed by atoms with Crippen LogP contribution in [0.4, 0.5) is 5.69 Å². The number of anilines is 1. The molecule has 0 unspecified atom stereocenters. The molecule has 0 saturated carbocycles. The van der Waals surface area contributed by atoms with Crippen molar-refractivity contribution < 1.29 is 9.53 Å². The monoisotopic (exact) mass is 402 g/mol. The van der Waals surface area contributed by atoms with Crippen LogP contribution < -0.4 is 15.4 Å². The minimum absolute atomic E-state index is 0.0918. The zero-order chi connectivity index (χ0) is 17.7. The van der Waals surface area contributed by atoms with Crippen LogP contribution in [0.3, 0.4) is 0 Å². The molecule has 4 nitrogen and oxygen atoms in total. The molecule has 0 heterocycles. The highest BCUT2D eigenvalue weighted by molar-refractivity contribution is 7.80. The molecule has 1 amide bonds. The van der Waals surface area contributed by atoms with Crippen LogP contribution in [0, 0.1) is 0 Å². The molecule has 0 aromatic heterocycles. The molecule has 2 rings (SSSR count). The van der Waals surface area contributed by atoms with E-state index in [4.69, 9.17) is 51.8 Å². The fourth-order valence-corrected chi connectivity index (χ4v) is 2.61. The molecule has 0 aliphatic heterocycles. The first-order valence-corrected chi connectivity index (χ1v) is 8.44. The molecule has 0 saturated heterocycles. The summed E-state index contributed by atoms with van der Waals surface area (Å²) in [4.78, 5) is 12.2. The van der Waals surface area contributed by atoms with Gasteiger partial charge in [-0.25, -0.2) is 0 Å². The number of ether oxygens (including phenoxy) is 1. The van der Waals surface area contributed by atoms with Crippen LogP contribution in [0.15, 0.2) is 36.4 Å². The number of carbonyl (C=O) groups excluding carboxylic acids is 1. The van der Waals surface area contributed by atoms with E-state index in [0.29, 0.717) is 38.7 Å². The molecule has 24 heavy (non-hydrogen) atoms. The standard InChI is InChI=1S/C16H13Cl3N2O2S/c1-2-23-14-6-3-9(7-12(14)19)15(22)21-16(24)20-13-8-10(17)4-5-11(13)18/h3-8H,2H2,1H3,(H2,20,21,22,24). The molecule has 0 aliphatic rings. The average molecular weight is 404 g/mol. The van der Waals surface area contributed by atoms with Crippen molar-refractivity contribution in [2.24, 2.45) is 0 Å². The average Bonchev–Trinajstić information content (AvgIpc) is 2.53. The van der Waals surface area contributed by atoms with E-state index < -0.39 is 5.91 Å². The van der Waals surface area contributed by atoms with E-state index in [9.17, 15) is 4.79 Å². The summed E-state index contributed by atoms with van der Waals surface area (Å²) < 4.78 is 5.33. The number of carbonyl (C=O) groups is 1. The van der Waals surface area contributed by atoms with Crippen LogP contribution in [0.1, 0.15) is 17.3 Å². The normalized spacial score (nSPS) is 10.2. The second-order valence-corrected chi connectivity index (χ2v) is 6.27. The van der Waals surface area contributed by atoms with Gasteiger partial charge in [-0.3, -0.25) is 10.1 Å². The number of nitrogens with one attached hydrogen (secondary N) is 2. The van der Waals surface area contributed by atoms with Crippen LogP contribution >= 0.6 is 47.0 Å². The first kappa shape index (κ1) is 18.8. The Morgan fingerprint density at radius 1 is 1.12 bits per heavy atom. The first-order valence-electron chi connectivity index (χ1n) is 6.90. The summed E-state index contributed by atoms with van der Waals surface area (Å²) in [5, 5.41) is 6.74. The van der Waals surface area contributed by atoms with Crippen LogP contribution in [-0.2, 0) is 0 Å². The summed E-state index contributed by atoms with van der Waals surface area (Å²) in [6, 6.07) is 9.63. The maximum Gasteiger partial charge on any atom is 0.257 e. The van der Waals surface area contributed by atoms with Crippen LogP contribution in [-0.4, -0.2) is 17.6 Å². The zero-order valence-electron chi connectivity index (χ0n) is 12.5. The van der Waals surface area contributed by atoms with Gasteiger partial charge in [0.1, 0.15) is 5.75 Å². The Kier molecular flexibility index (Phi) is 6.69. The molecule has 2 N–H and O–H groups in total. The Balaban J connectivity index is 2.05. The van der Waals surface area contributed by atoms with Crippen molar-refractivity contribution in [2.75, 3.05) is 11.9 Å². The van der Waals surface area contributed by atoms with Crippen molar-refractivity contribution in [3.63, 3.8) is 0 Å². The number of hydrogen-bond acceptors (Lipinski definition) is 3. The molecular formula is C16H13Cl3N2O2S. The van der Waals surface area contributed by atoms with E-state index in [2.05, 4.69) is 10.6 Å². The van der Waals surface area contributed by atoms with Crippen molar-refractivity contribution in [1.29, 1.82) is 0 Å². The van der Waals surface area contributed by atoms with Gasteiger partial charge < -0.3 is 10.1 Å². The van der Waals surface area contributed by atoms with Gasteiger partial charge in [-0.05, 0) is 55.5 Å². The Bertz CT molecular complexity index is 784. The van der Waals surface area contributed by atoms with Gasteiger partial charge in [0.05, 0.1) is 22.3 Å². The molecule has 0 radical (unpaired) electrons. The van der Waals surface area contributed by atoms with Gasteiger partial charge in [0.15, 0.2) is 5.11 Å². The lowest BCUT2D eigenvalue weighted by atomic mass is 10.2. The van der Waals surface area contributed by atoms with Gasteiger partial charge in [-0.1, -0.05) is 34.8 Å². The Hall–Kier alpha value is -1.53. The largest absolute Gasteiger partial charge is 0.492 e. The lowest BCUT2D eigenvalue weighted by Gasteiger charge is -2.12. The number of halogens is 3. The van der Waals surface area contributed by atoms with Crippen LogP contribution in [0.25, 0.3) is 0 Å². The molecule has 0 atom stereocenters. The summed E-state index contributed by atoms with van der Waals surface area (Å²) in [5.41, 5.74) is 0.851. The molecule has 0 aliphatic carbocycles. The van der Waals surface area contributed by atoms with Gasteiger partial charge in [0.2, 0.25) is 0 Å². The van der Waals surface area contributed by atoms with Crippen molar-refractivity contribution in [3.05, 3.63) is 57.0 Å². The summed E-state index contributed by atoms with van der Waals surface area (Å²) >= 11 is 23.1. The Morgan fingerprint density at radius 2 is 1.88 bits per heavy atom. The third-order valence-corrected chi connectivity index (χ3v) is 3.96. The van der Waals surface area contributed by atoms with E-state index in [-0.39, 0.29) is 5.11 Å². The highest BCUT2D eigenvalue weighted by Crippen LogP contribution is 2.26. The second-order valence-electron chi connectivity index (χ2n) is 4.61. The number of benzene rings is 2. The van der Waals surface area contributed by atoms with E-state index in [1.54, 1.807) is 30.3 Å². The predicted molar refractivity (Wildman–Crippen MR) is 103 cm³/mol. The van der Waals surface area contributed by atoms with Gasteiger partial charge in [0.25, 0.3) is 5.91 Å². The first-order chi connectivity index (χ1) is 11.4. The molecule has 126 valence electrons. The highest BCUT2D eigenvalue weighted by Gasteiger charge is 2.12. The van der Waals surface area contributed by atoms with Gasteiger partial charge in [-0.2, -0.15) is 0 Å². The van der Waals surface area contributed by atoms with Gasteiger partial charge >= 0.3 is 0 Å². The highest BCUT2D eigenvalue weighted by atomic mass is 35.5. The maximum atomic E-state index is 12.2. The SMILES string of the molecule is CCOc1ccc(C(=O)NC(=S)Nc2cc(Cl)ccc2Cl)cc1Cl. The van der Waals surface area contributed by atoms with Crippen molar-refractivity contribution in [1.82, 2.24) is 5.32 Å². The van der Waals surface area contributed by atoms with Crippen molar-refractivity contribution >= 4 is 63.7 Å². The van der Waals surface area contributed by atoms with E-state index in [1.165, 1.54) is 6.07 Å². The maximum absolute atomic E-state index is 12.2. The fraction of sp³-hybridized carbons (Fsp3) is 0.125. The van der Waals surface area contributed by atoms with E-state index in [0.717, 1.165) is 0 Å². The van der Waals surface area contributed by atoms with E-state index in [1.807, 2.05) is 6.92 Å². The summed E-state index contributed by atoms with van der Waals surface area (Å²) in [5.74, 6) is 0.109. The van der Waals surface area contributed by atoms with Gasteiger partial charge in [0, 0.05) is 10.6 Å². The quantitative estimate of drug-likeness (QED) is 0.691. The molecule has 8 heteroatoms. The van der Waals surface area contributed by atoms with E-state index >= 15 is 0 Å². The van der Waals surface area contributed by atoms with Crippen LogP contribution in [0.5, 0.6) is 5.75 Å². The summed E-state index contributed by atoms with van der Waals surface area (Å²) in [6.45, 7) is 2.34. The molecule has 0 bridgehead atoms. The summed E-state index contributed by atoms with van der Waals surface area (Å²) in [6.07, 6.45) is 0. The van der Waals surface area contributed by atoms with Crippen LogP contribution in [0.2, 0.25) is 15.1 Å². The molecule has 2 aromatic rings. The lowest BCUT2D eigenvalue weighted by molar-refractivity contribution is 0.0977. The lowest BCUT2D eigenvalue weighted by Crippen LogP contribution is -2.34. The number of thiocarbonyl (C=S) groups is 1. The van der Waals surface area contributed by atoms with Crippen molar-refractivity contribution in [3.8, 4) is 5.75 Å². The summed E-state index contributed by atoms with van der Waals surface area (Å²) in [7, 11) is 0. The number of hydrogen-bond donors (Lipinski definition) is 2. The zero-order valence-corrected chi connectivity index (χ0v) is 15.6.